The maximum Gasteiger partial charge on any atom is 0.573 e. The molecule has 0 amide bonds. The van der Waals surface area contributed by atoms with E-state index >= 15 is 0 Å². The minimum atomic E-state index is -4.61. The van der Waals surface area contributed by atoms with Crippen molar-refractivity contribution in [3.63, 3.8) is 0 Å². The van der Waals surface area contributed by atoms with E-state index in [0.717, 1.165) is 12.8 Å². The monoisotopic (exact) mass is 201 g/mol. The number of halogens is 3. The highest BCUT2D eigenvalue weighted by Crippen LogP contribution is 2.44. The summed E-state index contributed by atoms with van der Waals surface area (Å²) in [6.45, 7) is 0. The van der Waals surface area contributed by atoms with Crippen molar-refractivity contribution >= 4 is 0 Å². The minimum Gasteiger partial charge on any atom is -0.405 e. The zero-order chi connectivity index (χ0) is 10.2. The Morgan fingerprint density at radius 3 is 2.64 bits per heavy atom. The molecule has 1 aromatic rings. The molecule has 1 aromatic carbocycles. The molecule has 0 atom stereocenters. The third-order valence-corrected chi connectivity index (χ3v) is 2.10. The van der Waals surface area contributed by atoms with Crippen LogP contribution < -0.4 is 4.74 Å². The third kappa shape index (κ3) is 2.19. The fourth-order valence-corrected chi connectivity index (χ4v) is 1.36. The predicted molar refractivity (Wildman–Crippen MR) is 43.9 cm³/mol. The third-order valence-electron chi connectivity index (χ3n) is 2.10. The first-order chi connectivity index (χ1) is 6.56. The molecule has 0 spiro atoms. The Hall–Kier alpha value is -1.19. The van der Waals surface area contributed by atoms with Gasteiger partial charge in [0.1, 0.15) is 5.75 Å². The molecule has 0 aliphatic heterocycles. The van der Waals surface area contributed by atoms with Crippen LogP contribution in [0.25, 0.3) is 0 Å². The lowest BCUT2D eigenvalue weighted by Gasteiger charge is -2.12. The molecule has 2 rings (SSSR count). The first-order valence-corrected chi connectivity index (χ1v) is 4.32. The van der Waals surface area contributed by atoms with Crippen molar-refractivity contribution in [3.8, 4) is 5.75 Å². The lowest BCUT2D eigenvalue weighted by Crippen LogP contribution is -2.17. The summed E-state index contributed by atoms with van der Waals surface area (Å²) in [4.78, 5) is 0. The van der Waals surface area contributed by atoms with Gasteiger partial charge in [0, 0.05) is 0 Å². The van der Waals surface area contributed by atoms with Crippen molar-refractivity contribution in [1.29, 1.82) is 0 Å². The Kier molecular flexibility index (Phi) is 2.13. The summed E-state index contributed by atoms with van der Waals surface area (Å²) in [5.74, 6) is 0.142. The van der Waals surface area contributed by atoms with Crippen molar-refractivity contribution in [2.45, 2.75) is 25.1 Å². The van der Waals surface area contributed by atoms with Gasteiger partial charge in [0.2, 0.25) is 0 Å². The number of hydrogen-bond acceptors (Lipinski definition) is 1. The van der Waals surface area contributed by atoms with Gasteiger partial charge in [-0.05, 0) is 42.5 Å². The normalized spacial score (nSPS) is 16.8. The van der Waals surface area contributed by atoms with Crippen LogP contribution in [0.15, 0.2) is 18.2 Å². The van der Waals surface area contributed by atoms with Gasteiger partial charge in [0.15, 0.2) is 0 Å². The van der Waals surface area contributed by atoms with E-state index in [1.807, 2.05) is 0 Å². The van der Waals surface area contributed by atoms with E-state index in [-0.39, 0.29) is 11.7 Å². The topological polar surface area (TPSA) is 9.23 Å². The highest BCUT2D eigenvalue weighted by Gasteiger charge is 2.34. The summed E-state index contributed by atoms with van der Waals surface area (Å²) in [6, 6.07) is 7.06. The number of ether oxygens (including phenoxy) is 1. The molecule has 0 N–H and O–H groups in total. The van der Waals surface area contributed by atoms with Crippen LogP contribution in [-0.2, 0) is 0 Å². The number of rotatable bonds is 2. The smallest absolute Gasteiger partial charge is 0.405 e. The van der Waals surface area contributed by atoms with Crippen LogP contribution >= 0.6 is 0 Å². The maximum absolute atomic E-state index is 12.0. The molecule has 1 radical (unpaired) electrons. The predicted octanol–water partition coefficient (Wildman–Crippen LogP) is 3.26. The van der Waals surface area contributed by atoms with Crippen LogP contribution in [0.4, 0.5) is 13.2 Å². The highest BCUT2D eigenvalue weighted by molar-refractivity contribution is 5.38. The lowest BCUT2D eigenvalue weighted by molar-refractivity contribution is -0.274. The molecule has 0 bridgehead atoms. The average Bonchev–Trinajstić information content (AvgIpc) is 2.85. The van der Waals surface area contributed by atoms with E-state index in [2.05, 4.69) is 10.8 Å². The summed E-state index contributed by atoms with van der Waals surface area (Å²) < 4.78 is 39.8. The Balaban J connectivity index is 2.23. The van der Waals surface area contributed by atoms with Crippen molar-refractivity contribution < 1.29 is 17.9 Å². The van der Waals surface area contributed by atoms with Gasteiger partial charge >= 0.3 is 6.36 Å². The zero-order valence-electron chi connectivity index (χ0n) is 7.27. The molecule has 4 heteroatoms. The van der Waals surface area contributed by atoms with E-state index in [1.54, 1.807) is 6.07 Å². The molecule has 1 aliphatic carbocycles. The first kappa shape index (κ1) is 9.37. The second-order valence-corrected chi connectivity index (χ2v) is 3.29. The van der Waals surface area contributed by atoms with Gasteiger partial charge in [-0.1, -0.05) is 6.07 Å². The molecule has 1 fully saturated rings. The summed E-state index contributed by atoms with van der Waals surface area (Å²) in [6.07, 6.45) is -2.73. The average molecular weight is 201 g/mol. The van der Waals surface area contributed by atoms with Crippen LogP contribution in [0.3, 0.4) is 0 Å². The van der Waals surface area contributed by atoms with E-state index < -0.39 is 6.36 Å². The number of hydrogen-bond donors (Lipinski definition) is 0. The number of alkyl halides is 3. The standard InChI is InChI=1S/C10H8F3O/c11-10(12,13)14-9-4-2-1-3-8(9)7-5-6-7/h2-4,7H,5-6H2. The summed E-state index contributed by atoms with van der Waals surface area (Å²) in [7, 11) is 0. The first-order valence-electron chi connectivity index (χ1n) is 4.32. The Morgan fingerprint density at radius 1 is 1.36 bits per heavy atom. The molecule has 0 unspecified atom stereocenters. The molecule has 0 saturated heterocycles. The van der Waals surface area contributed by atoms with Crippen LogP contribution in [0.5, 0.6) is 5.75 Å². The van der Waals surface area contributed by atoms with Crippen LogP contribution in [0.2, 0.25) is 0 Å². The van der Waals surface area contributed by atoms with Gasteiger partial charge in [-0.2, -0.15) is 0 Å². The molecule has 1 saturated carbocycles. The summed E-state index contributed by atoms with van der Waals surface area (Å²) in [5, 5.41) is 0. The minimum absolute atomic E-state index is 0.0845. The molecule has 75 valence electrons. The van der Waals surface area contributed by atoms with Crippen LogP contribution in [0, 0.1) is 6.07 Å². The van der Waals surface area contributed by atoms with E-state index in [0.29, 0.717) is 5.56 Å². The zero-order valence-corrected chi connectivity index (χ0v) is 7.27. The van der Waals surface area contributed by atoms with E-state index in [1.165, 1.54) is 12.1 Å². The lowest BCUT2D eigenvalue weighted by atomic mass is 10.1. The van der Waals surface area contributed by atoms with Crippen molar-refractivity contribution in [2.24, 2.45) is 0 Å². The summed E-state index contributed by atoms with van der Waals surface area (Å²) >= 11 is 0. The second kappa shape index (κ2) is 3.19. The molecule has 0 aromatic heterocycles. The molecule has 0 heterocycles. The largest absolute Gasteiger partial charge is 0.573 e. The number of benzene rings is 1. The quantitative estimate of drug-likeness (QED) is 0.713. The molecular weight excluding hydrogens is 193 g/mol. The van der Waals surface area contributed by atoms with Crippen LogP contribution in [-0.4, -0.2) is 6.36 Å². The molecular formula is C10H8F3O. The van der Waals surface area contributed by atoms with Crippen molar-refractivity contribution in [1.82, 2.24) is 0 Å². The van der Waals surface area contributed by atoms with Crippen LogP contribution in [0.1, 0.15) is 24.3 Å². The van der Waals surface area contributed by atoms with Gasteiger partial charge < -0.3 is 4.74 Å². The second-order valence-electron chi connectivity index (χ2n) is 3.29. The fraction of sp³-hybridized carbons (Fsp3) is 0.400. The highest BCUT2D eigenvalue weighted by atomic mass is 19.4. The van der Waals surface area contributed by atoms with Crippen molar-refractivity contribution in [2.75, 3.05) is 0 Å². The van der Waals surface area contributed by atoms with Crippen molar-refractivity contribution in [3.05, 3.63) is 29.8 Å². The summed E-state index contributed by atoms with van der Waals surface area (Å²) in [5.41, 5.74) is 0.616. The van der Waals surface area contributed by atoms with Gasteiger partial charge in [-0.25, -0.2) is 0 Å². The SMILES string of the molecule is FC(F)(F)Oc1cc[c]cc1C1CC1. The fourth-order valence-electron chi connectivity index (χ4n) is 1.36. The Bertz CT molecular complexity index is 328. The van der Waals surface area contributed by atoms with Gasteiger partial charge in [0.05, 0.1) is 0 Å². The molecule has 14 heavy (non-hydrogen) atoms. The van der Waals surface area contributed by atoms with Gasteiger partial charge in [0.25, 0.3) is 0 Å². The molecule has 1 aliphatic rings. The Labute approximate surface area is 79.5 Å². The van der Waals surface area contributed by atoms with Gasteiger partial charge in [-0.3, -0.25) is 0 Å². The van der Waals surface area contributed by atoms with Gasteiger partial charge in [-0.15, -0.1) is 13.2 Å². The van der Waals surface area contributed by atoms with E-state index in [4.69, 9.17) is 0 Å². The van der Waals surface area contributed by atoms with E-state index in [9.17, 15) is 13.2 Å². The molecule has 1 nitrogen and oxygen atoms in total. The maximum atomic E-state index is 12.0. The Morgan fingerprint density at radius 2 is 2.07 bits per heavy atom.